The number of benzene rings is 2. The van der Waals surface area contributed by atoms with Crippen LogP contribution in [0.2, 0.25) is 0 Å². The van der Waals surface area contributed by atoms with Crippen molar-refractivity contribution in [1.29, 1.82) is 0 Å². The first kappa shape index (κ1) is 17.4. The van der Waals surface area contributed by atoms with Crippen molar-refractivity contribution in [3.63, 3.8) is 0 Å². The zero-order valence-electron chi connectivity index (χ0n) is 14.5. The van der Waals surface area contributed by atoms with Gasteiger partial charge in [-0.3, -0.25) is 9.69 Å². The van der Waals surface area contributed by atoms with Crippen molar-refractivity contribution < 1.29 is 14.3 Å². The molecule has 1 heterocycles. The number of ketones is 1. The Labute approximate surface area is 148 Å². The average molecular weight is 337 g/mol. The van der Waals surface area contributed by atoms with Crippen LogP contribution in [0.25, 0.3) is 0 Å². The standard InChI is InChI=1S/C21H23NO3/c1-25-21(24)19-9-7-16(8-10-19)15-22-13-11-18(12-14-22)20(23)17-5-3-2-4-6-17/h2-10,18H,11-15H2,1H3. The van der Waals surface area contributed by atoms with Crippen molar-refractivity contribution in [2.45, 2.75) is 19.4 Å². The first-order valence-corrected chi connectivity index (χ1v) is 8.66. The van der Waals surface area contributed by atoms with E-state index in [-0.39, 0.29) is 17.7 Å². The lowest BCUT2D eigenvalue weighted by atomic mass is 9.89. The van der Waals surface area contributed by atoms with Crippen molar-refractivity contribution >= 4 is 11.8 Å². The number of hydrogen-bond donors (Lipinski definition) is 0. The summed E-state index contributed by atoms with van der Waals surface area (Å²) >= 11 is 0. The Hall–Kier alpha value is -2.46. The van der Waals surface area contributed by atoms with E-state index in [0.29, 0.717) is 5.56 Å². The summed E-state index contributed by atoms with van der Waals surface area (Å²) < 4.78 is 4.72. The molecule has 1 aliphatic rings. The van der Waals surface area contributed by atoms with Gasteiger partial charge in [-0.15, -0.1) is 0 Å². The highest BCUT2D eigenvalue weighted by molar-refractivity contribution is 5.97. The molecule has 130 valence electrons. The van der Waals surface area contributed by atoms with Crippen LogP contribution >= 0.6 is 0 Å². The first-order valence-electron chi connectivity index (χ1n) is 8.66. The van der Waals surface area contributed by atoms with Crippen LogP contribution in [0.3, 0.4) is 0 Å². The van der Waals surface area contributed by atoms with Gasteiger partial charge >= 0.3 is 5.97 Å². The molecule has 2 aromatic rings. The lowest BCUT2D eigenvalue weighted by Gasteiger charge is -2.31. The molecule has 1 aliphatic heterocycles. The van der Waals surface area contributed by atoms with Crippen LogP contribution in [0.4, 0.5) is 0 Å². The number of carbonyl (C=O) groups is 2. The first-order chi connectivity index (χ1) is 12.2. The van der Waals surface area contributed by atoms with E-state index < -0.39 is 0 Å². The minimum atomic E-state index is -0.313. The van der Waals surface area contributed by atoms with E-state index in [2.05, 4.69) is 4.90 Å². The largest absolute Gasteiger partial charge is 0.465 e. The highest BCUT2D eigenvalue weighted by Crippen LogP contribution is 2.23. The summed E-state index contributed by atoms with van der Waals surface area (Å²) in [6.07, 6.45) is 1.79. The molecule has 0 atom stereocenters. The van der Waals surface area contributed by atoms with Gasteiger partial charge in [-0.25, -0.2) is 4.79 Å². The quantitative estimate of drug-likeness (QED) is 0.618. The number of carbonyl (C=O) groups excluding carboxylic acids is 2. The molecule has 1 saturated heterocycles. The summed E-state index contributed by atoms with van der Waals surface area (Å²) in [6.45, 7) is 2.68. The van der Waals surface area contributed by atoms with E-state index in [0.717, 1.165) is 38.0 Å². The Morgan fingerprint density at radius 2 is 1.60 bits per heavy atom. The lowest BCUT2D eigenvalue weighted by molar-refractivity contribution is 0.0600. The molecule has 25 heavy (non-hydrogen) atoms. The molecule has 0 aromatic heterocycles. The second kappa shape index (κ2) is 8.08. The van der Waals surface area contributed by atoms with Gasteiger partial charge in [-0.05, 0) is 43.6 Å². The fraction of sp³-hybridized carbons (Fsp3) is 0.333. The maximum absolute atomic E-state index is 12.5. The summed E-state index contributed by atoms with van der Waals surface area (Å²) in [4.78, 5) is 26.4. The van der Waals surface area contributed by atoms with E-state index in [4.69, 9.17) is 4.74 Å². The van der Waals surface area contributed by atoms with E-state index >= 15 is 0 Å². The van der Waals surface area contributed by atoms with Gasteiger partial charge in [0.1, 0.15) is 0 Å². The van der Waals surface area contributed by atoms with Gasteiger partial charge in [0.25, 0.3) is 0 Å². The number of likely N-dealkylation sites (tertiary alicyclic amines) is 1. The molecule has 0 bridgehead atoms. The summed E-state index contributed by atoms with van der Waals surface area (Å²) in [5, 5.41) is 0. The monoisotopic (exact) mass is 337 g/mol. The van der Waals surface area contributed by atoms with Crippen molar-refractivity contribution in [2.24, 2.45) is 5.92 Å². The van der Waals surface area contributed by atoms with E-state index in [1.54, 1.807) is 12.1 Å². The maximum atomic E-state index is 12.5. The van der Waals surface area contributed by atoms with Gasteiger partial charge in [0.2, 0.25) is 0 Å². The number of ether oxygens (including phenoxy) is 1. The smallest absolute Gasteiger partial charge is 0.337 e. The maximum Gasteiger partial charge on any atom is 0.337 e. The van der Waals surface area contributed by atoms with Crippen LogP contribution in [-0.2, 0) is 11.3 Å². The Bertz CT molecular complexity index is 717. The number of Topliss-reactive ketones (excluding diaryl/α,β-unsaturated/α-hetero) is 1. The summed E-state index contributed by atoms with van der Waals surface area (Å²) in [6, 6.07) is 17.1. The molecule has 0 unspecified atom stereocenters. The molecule has 0 radical (unpaired) electrons. The van der Waals surface area contributed by atoms with E-state index in [1.165, 1.54) is 12.7 Å². The van der Waals surface area contributed by atoms with Crippen LogP contribution in [0.15, 0.2) is 54.6 Å². The van der Waals surface area contributed by atoms with Crippen molar-refractivity contribution in [2.75, 3.05) is 20.2 Å². The van der Waals surface area contributed by atoms with Gasteiger partial charge in [0, 0.05) is 18.0 Å². The zero-order valence-corrected chi connectivity index (χ0v) is 14.5. The van der Waals surface area contributed by atoms with Gasteiger partial charge in [0.05, 0.1) is 12.7 Å². The Kier molecular flexibility index (Phi) is 5.61. The highest BCUT2D eigenvalue weighted by atomic mass is 16.5. The van der Waals surface area contributed by atoms with Gasteiger partial charge < -0.3 is 4.74 Å². The third-order valence-corrected chi connectivity index (χ3v) is 4.80. The number of methoxy groups -OCH3 is 1. The molecule has 0 saturated carbocycles. The predicted octanol–water partition coefficient (Wildman–Crippen LogP) is 3.57. The Morgan fingerprint density at radius 3 is 2.20 bits per heavy atom. The van der Waals surface area contributed by atoms with Crippen LogP contribution < -0.4 is 0 Å². The Morgan fingerprint density at radius 1 is 0.960 bits per heavy atom. The number of esters is 1. The molecule has 0 N–H and O–H groups in total. The predicted molar refractivity (Wildman–Crippen MR) is 96.6 cm³/mol. The van der Waals surface area contributed by atoms with Crippen molar-refractivity contribution in [3.05, 3.63) is 71.3 Å². The molecule has 2 aromatic carbocycles. The SMILES string of the molecule is COC(=O)c1ccc(CN2CCC(C(=O)c3ccccc3)CC2)cc1. The molecule has 3 rings (SSSR count). The van der Waals surface area contributed by atoms with Crippen LogP contribution in [0.1, 0.15) is 39.1 Å². The Balaban J connectivity index is 1.52. The van der Waals surface area contributed by atoms with Crippen molar-refractivity contribution in [1.82, 2.24) is 4.90 Å². The second-order valence-corrected chi connectivity index (χ2v) is 6.47. The normalized spacial score (nSPS) is 15.7. The minimum Gasteiger partial charge on any atom is -0.465 e. The van der Waals surface area contributed by atoms with Gasteiger partial charge in [0.15, 0.2) is 5.78 Å². The van der Waals surface area contributed by atoms with E-state index in [1.807, 2.05) is 42.5 Å². The summed E-state index contributed by atoms with van der Waals surface area (Å²) in [5.41, 5.74) is 2.55. The second-order valence-electron chi connectivity index (χ2n) is 6.47. The zero-order chi connectivity index (χ0) is 17.6. The molecule has 0 aliphatic carbocycles. The highest BCUT2D eigenvalue weighted by Gasteiger charge is 2.25. The molecule has 0 spiro atoms. The third kappa shape index (κ3) is 4.34. The number of piperidine rings is 1. The summed E-state index contributed by atoms with van der Waals surface area (Å²) in [5.74, 6) is 0.0785. The fourth-order valence-electron chi connectivity index (χ4n) is 3.31. The number of nitrogens with zero attached hydrogens (tertiary/aromatic N) is 1. The molecular weight excluding hydrogens is 314 g/mol. The lowest BCUT2D eigenvalue weighted by Crippen LogP contribution is -2.35. The van der Waals surface area contributed by atoms with Gasteiger partial charge in [-0.2, -0.15) is 0 Å². The molecule has 1 fully saturated rings. The molecular formula is C21H23NO3. The van der Waals surface area contributed by atoms with Crippen molar-refractivity contribution in [3.8, 4) is 0 Å². The van der Waals surface area contributed by atoms with Gasteiger partial charge in [-0.1, -0.05) is 42.5 Å². The van der Waals surface area contributed by atoms with Crippen LogP contribution in [0, 0.1) is 5.92 Å². The fourth-order valence-corrected chi connectivity index (χ4v) is 3.31. The topological polar surface area (TPSA) is 46.6 Å². The number of hydrogen-bond acceptors (Lipinski definition) is 4. The average Bonchev–Trinajstić information content (AvgIpc) is 2.68. The minimum absolute atomic E-state index is 0.125. The third-order valence-electron chi connectivity index (χ3n) is 4.80. The van der Waals surface area contributed by atoms with Crippen LogP contribution in [-0.4, -0.2) is 36.9 Å². The summed E-state index contributed by atoms with van der Waals surface area (Å²) in [7, 11) is 1.39. The molecule has 4 heteroatoms. The molecule has 4 nitrogen and oxygen atoms in total. The molecule has 0 amide bonds. The van der Waals surface area contributed by atoms with Crippen LogP contribution in [0.5, 0.6) is 0 Å². The van der Waals surface area contributed by atoms with E-state index in [9.17, 15) is 9.59 Å². The number of rotatable bonds is 5.